The molecule has 1 heterocycles. The van der Waals surface area contributed by atoms with Crippen LogP contribution in [0.3, 0.4) is 0 Å². The number of thiophene rings is 1. The van der Waals surface area contributed by atoms with E-state index in [4.69, 9.17) is 5.73 Å². The topological polar surface area (TPSA) is 88.8 Å². The highest BCUT2D eigenvalue weighted by Crippen LogP contribution is 2.26. The van der Waals surface area contributed by atoms with Crippen LogP contribution >= 0.6 is 11.3 Å². The Morgan fingerprint density at radius 2 is 1.55 bits per heavy atom. The Morgan fingerprint density at radius 3 is 2.10 bits per heavy atom. The van der Waals surface area contributed by atoms with Crippen LogP contribution in [0.4, 0.5) is 4.79 Å². The zero-order valence-electron chi connectivity index (χ0n) is 16.5. The second kappa shape index (κ2) is 9.49. The van der Waals surface area contributed by atoms with Crippen LogP contribution in [0.1, 0.15) is 53.4 Å². The molecule has 0 aliphatic rings. The largest absolute Gasteiger partial charge is 0.351 e. The number of nitrogens with two attached hydrogens (primary N) is 2. The van der Waals surface area contributed by atoms with Crippen molar-refractivity contribution in [2.75, 3.05) is 0 Å². The van der Waals surface area contributed by atoms with Gasteiger partial charge in [-0.1, -0.05) is 74.5 Å². The summed E-state index contributed by atoms with van der Waals surface area (Å²) >= 11 is 1.64. The van der Waals surface area contributed by atoms with Gasteiger partial charge in [-0.15, -0.1) is 11.3 Å². The highest BCUT2D eigenvalue weighted by atomic mass is 32.1. The number of hydrogen-bond acceptors (Lipinski definition) is 3. The fourth-order valence-electron chi connectivity index (χ4n) is 3.33. The molecule has 0 aliphatic carbocycles. The van der Waals surface area contributed by atoms with Crippen LogP contribution in [0.25, 0.3) is 0 Å². The predicted molar refractivity (Wildman–Crippen MR) is 116 cm³/mol. The lowest BCUT2D eigenvalue weighted by Crippen LogP contribution is -2.88. The minimum Gasteiger partial charge on any atom is -0.351 e. The van der Waals surface area contributed by atoms with Gasteiger partial charge >= 0.3 is 6.03 Å². The fraction of sp³-hybridized carbons (Fsp3) is 0.217. The highest BCUT2D eigenvalue weighted by molar-refractivity contribution is 7.10. The summed E-state index contributed by atoms with van der Waals surface area (Å²) in [6, 6.07) is 20.5. The molecule has 0 fully saturated rings. The average molecular weight is 409 g/mol. The number of amides is 3. The minimum absolute atomic E-state index is 0.0833. The van der Waals surface area contributed by atoms with Crippen molar-refractivity contribution in [2.45, 2.75) is 31.8 Å². The third-order valence-corrected chi connectivity index (χ3v) is 5.84. The lowest BCUT2D eigenvalue weighted by atomic mass is 9.97. The number of hydrogen-bond donors (Lipinski definition) is 3. The Bertz CT molecular complexity index is 938. The van der Waals surface area contributed by atoms with Gasteiger partial charge < -0.3 is 11.1 Å². The molecule has 0 saturated carbocycles. The molecule has 3 aromatic rings. The van der Waals surface area contributed by atoms with Crippen LogP contribution < -0.4 is 16.4 Å². The first kappa shape index (κ1) is 20.8. The third kappa shape index (κ3) is 5.31. The number of imide groups is 1. The SMILES string of the molecule is CC(C)c1ccc([C@H]([NH2+][C@H](C(=O)NC(N)=O)c2ccccc2)c2cccs2)cc1. The van der Waals surface area contributed by atoms with Crippen LogP contribution in [-0.2, 0) is 4.79 Å². The Morgan fingerprint density at radius 1 is 0.897 bits per heavy atom. The zero-order chi connectivity index (χ0) is 20.8. The maximum Gasteiger partial charge on any atom is 0.319 e. The predicted octanol–water partition coefficient (Wildman–Crippen LogP) is 3.46. The molecular formula is C23H26N3O2S+. The first-order chi connectivity index (χ1) is 14.0. The molecule has 29 heavy (non-hydrogen) atoms. The van der Waals surface area contributed by atoms with E-state index >= 15 is 0 Å². The number of quaternary nitrogens is 1. The summed E-state index contributed by atoms with van der Waals surface area (Å²) < 4.78 is 0. The molecule has 150 valence electrons. The van der Waals surface area contributed by atoms with Crippen molar-refractivity contribution in [3.63, 3.8) is 0 Å². The fourth-order valence-corrected chi connectivity index (χ4v) is 4.16. The van der Waals surface area contributed by atoms with Crippen molar-refractivity contribution in [2.24, 2.45) is 5.73 Å². The Hall–Kier alpha value is -2.96. The molecule has 0 spiro atoms. The lowest BCUT2D eigenvalue weighted by molar-refractivity contribution is -0.713. The third-order valence-electron chi connectivity index (χ3n) is 4.88. The van der Waals surface area contributed by atoms with E-state index in [1.165, 1.54) is 5.56 Å². The van der Waals surface area contributed by atoms with Gasteiger partial charge in [-0.25, -0.2) is 4.79 Å². The van der Waals surface area contributed by atoms with Gasteiger partial charge in [0.15, 0.2) is 6.04 Å². The van der Waals surface area contributed by atoms with E-state index in [0.717, 1.165) is 16.0 Å². The summed E-state index contributed by atoms with van der Waals surface area (Å²) in [6.45, 7) is 4.33. The molecule has 0 unspecified atom stereocenters. The Labute approximate surface area is 175 Å². The summed E-state index contributed by atoms with van der Waals surface area (Å²) in [5, 5.41) is 6.26. The first-order valence-corrected chi connectivity index (χ1v) is 10.5. The van der Waals surface area contributed by atoms with E-state index in [1.807, 2.05) is 47.1 Å². The lowest BCUT2D eigenvalue weighted by Gasteiger charge is -2.22. The van der Waals surface area contributed by atoms with Crippen LogP contribution in [0.2, 0.25) is 0 Å². The average Bonchev–Trinajstić information content (AvgIpc) is 3.23. The standard InChI is InChI=1S/C23H25N3O2S/c1-15(2)16-10-12-18(13-11-16)20(19-9-6-14-29-19)25-21(22(27)26-23(24)28)17-7-4-3-5-8-17/h3-15,20-21,25H,1-2H3,(H3,24,26,27,28)/p+1/t20-,21-/m0/s1. The molecule has 3 rings (SSSR count). The zero-order valence-corrected chi connectivity index (χ0v) is 17.4. The van der Waals surface area contributed by atoms with Crippen molar-refractivity contribution in [1.82, 2.24) is 5.32 Å². The molecule has 5 nitrogen and oxygen atoms in total. The van der Waals surface area contributed by atoms with Gasteiger partial charge in [-0.2, -0.15) is 0 Å². The van der Waals surface area contributed by atoms with Crippen molar-refractivity contribution in [3.05, 3.63) is 93.7 Å². The maximum atomic E-state index is 12.8. The van der Waals surface area contributed by atoms with Crippen LogP contribution in [-0.4, -0.2) is 11.9 Å². The van der Waals surface area contributed by atoms with Gasteiger partial charge in [0.2, 0.25) is 0 Å². The van der Waals surface area contributed by atoms with Gasteiger partial charge in [-0.3, -0.25) is 10.1 Å². The van der Waals surface area contributed by atoms with E-state index in [9.17, 15) is 9.59 Å². The second-order valence-electron chi connectivity index (χ2n) is 7.25. The van der Waals surface area contributed by atoms with Gasteiger partial charge in [-0.05, 0) is 22.9 Å². The van der Waals surface area contributed by atoms with Gasteiger partial charge in [0.25, 0.3) is 5.91 Å². The molecule has 2 atom stereocenters. The van der Waals surface area contributed by atoms with Crippen molar-refractivity contribution < 1.29 is 14.9 Å². The van der Waals surface area contributed by atoms with Crippen molar-refractivity contribution >= 4 is 23.3 Å². The van der Waals surface area contributed by atoms with E-state index in [0.29, 0.717) is 5.92 Å². The highest BCUT2D eigenvalue weighted by Gasteiger charge is 2.31. The van der Waals surface area contributed by atoms with E-state index < -0.39 is 18.0 Å². The summed E-state index contributed by atoms with van der Waals surface area (Å²) in [5.74, 6) is 0.0238. The molecule has 0 saturated heterocycles. The number of urea groups is 1. The molecule has 0 radical (unpaired) electrons. The smallest absolute Gasteiger partial charge is 0.319 e. The summed E-state index contributed by atoms with van der Waals surface area (Å²) in [5.41, 5.74) is 8.39. The number of nitrogens with one attached hydrogen (secondary N) is 1. The molecule has 5 N–H and O–H groups in total. The monoisotopic (exact) mass is 408 g/mol. The van der Waals surface area contributed by atoms with Gasteiger partial charge in [0.1, 0.15) is 6.04 Å². The number of benzene rings is 2. The number of carbonyl (C=O) groups is 2. The molecule has 1 aromatic heterocycles. The number of rotatable bonds is 7. The molecular weight excluding hydrogens is 382 g/mol. The van der Waals surface area contributed by atoms with Crippen molar-refractivity contribution in [3.8, 4) is 0 Å². The van der Waals surface area contributed by atoms with Crippen LogP contribution in [0.5, 0.6) is 0 Å². The van der Waals surface area contributed by atoms with Crippen LogP contribution in [0.15, 0.2) is 72.1 Å². The molecule has 2 aromatic carbocycles. The number of primary amides is 1. The number of carbonyl (C=O) groups excluding carboxylic acids is 2. The van der Waals surface area contributed by atoms with Crippen LogP contribution in [0, 0.1) is 0 Å². The molecule has 0 aliphatic heterocycles. The summed E-state index contributed by atoms with van der Waals surface area (Å²) in [4.78, 5) is 25.2. The van der Waals surface area contributed by atoms with Crippen molar-refractivity contribution in [1.29, 1.82) is 0 Å². The first-order valence-electron chi connectivity index (χ1n) is 9.59. The quantitative estimate of drug-likeness (QED) is 0.559. The molecule has 0 bridgehead atoms. The molecule has 3 amide bonds. The minimum atomic E-state index is -0.849. The second-order valence-corrected chi connectivity index (χ2v) is 8.23. The Balaban J connectivity index is 1.97. The van der Waals surface area contributed by atoms with E-state index in [2.05, 4.69) is 49.5 Å². The molecule has 6 heteroatoms. The maximum absolute atomic E-state index is 12.8. The normalized spacial score (nSPS) is 13.1. The van der Waals surface area contributed by atoms with E-state index in [-0.39, 0.29) is 6.04 Å². The summed E-state index contributed by atoms with van der Waals surface area (Å²) in [7, 11) is 0. The van der Waals surface area contributed by atoms with Gasteiger partial charge in [0, 0.05) is 11.1 Å². The van der Waals surface area contributed by atoms with E-state index in [1.54, 1.807) is 11.3 Å². The summed E-state index contributed by atoms with van der Waals surface area (Å²) in [6.07, 6.45) is 0. The van der Waals surface area contributed by atoms with Gasteiger partial charge in [0.05, 0.1) is 4.88 Å². The Kier molecular flexibility index (Phi) is 6.80.